The topological polar surface area (TPSA) is 65.7 Å². The molecule has 3 rings (SSSR count). The van der Waals surface area contributed by atoms with E-state index in [1.165, 1.54) is 0 Å². The summed E-state index contributed by atoms with van der Waals surface area (Å²) in [6.45, 7) is 4.49. The number of carbonyl (C=O) groups excluding carboxylic acids is 1. The average Bonchev–Trinajstić information content (AvgIpc) is 2.95. The van der Waals surface area contributed by atoms with Crippen molar-refractivity contribution in [2.45, 2.75) is 20.3 Å². The number of aromatic nitrogens is 3. The van der Waals surface area contributed by atoms with Gasteiger partial charge in [-0.2, -0.15) is 0 Å². The molecule has 2 aromatic heterocycles. The molecule has 0 fully saturated rings. The zero-order valence-electron chi connectivity index (χ0n) is 14.0. The van der Waals surface area contributed by atoms with Crippen LogP contribution in [0, 0.1) is 0 Å². The number of fused-ring (bicyclic) bond motifs is 1. The molecule has 0 aliphatic heterocycles. The highest BCUT2D eigenvalue weighted by Crippen LogP contribution is 2.29. The number of benzene rings is 1. The molecule has 6 nitrogen and oxygen atoms in total. The predicted octanol–water partition coefficient (Wildman–Crippen LogP) is 3.66. The number of ether oxygens (including phenoxy) is 2. The molecule has 0 atom stereocenters. The molecular formula is C18H18BrN3O3. The first kappa shape index (κ1) is 17.4. The molecule has 0 N–H and O–H groups in total. The molecule has 1 aromatic carbocycles. The summed E-state index contributed by atoms with van der Waals surface area (Å²) < 4.78 is 13.2. The molecule has 0 aliphatic carbocycles. The normalized spacial score (nSPS) is 10.8. The molecule has 0 saturated heterocycles. The van der Waals surface area contributed by atoms with Gasteiger partial charge in [0.05, 0.1) is 31.0 Å². The Hall–Kier alpha value is -2.41. The van der Waals surface area contributed by atoms with Crippen molar-refractivity contribution in [3.63, 3.8) is 0 Å². The quantitative estimate of drug-likeness (QED) is 0.587. The number of esters is 1. The van der Waals surface area contributed by atoms with Crippen molar-refractivity contribution in [2.75, 3.05) is 13.2 Å². The van der Waals surface area contributed by atoms with Gasteiger partial charge >= 0.3 is 5.97 Å². The van der Waals surface area contributed by atoms with Crippen molar-refractivity contribution in [3.8, 4) is 17.1 Å². The molecule has 0 radical (unpaired) electrons. The summed E-state index contributed by atoms with van der Waals surface area (Å²) in [6, 6.07) is 9.73. The van der Waals surface area contributed by atoms with Crippen molar-refractivity contribution in [2.24, 2.45) is 0 Å². The molecule has 130 valence electrons. The van der Waals surface area contributed by atoms with Crippen LogP contribution in [0.1, 0.15) is 19.5 Å². The Morgan fingerprint density at radius 2 is 1.92 bits per heavy atom. The summed E-state index contributed by atoms with van der Waals surface area (Å²) in [4.78, 5) is 21.2. The summed E-state index contributed by atoms with van der Waals surface area (Å²) >= 11 is 3.39. The van der Waals surface area contributed by atoms with Gasteiger partial charge in [-0.1, -0.05) is 30.3 Å². The van der Waals surface area contributed by atoms with Crippen LogP contribution in [0.15, 0.2) is 41.1 Å². The van der Waals surface area contributed by atoms with Gasteiger partial charge in [-0.25, -0.2) is 9.97 Å². The lowest BCUT2D eigenvalue weighted by Gasteiger charge is -2.07. The lowest BCUT2D eigenvalue weighted by Crippen LogP contribution is -2.10. The molecule has 0 saturated carbocycles. The molecule has 0 spiro atoms. The number of hydrogen-bond acceptors (Lipinski definition) is 5. The molecule has 25 heavy (non-hydrogen) atoms. The van der Waals surface area contributed by atoms with Crippen LogP contribution in [0.3, 0.4) is 0 Å². The smallest absolute Gasteiger partial charge is 0.311 e. The summed E-state index contributed by atoms with van der Waals surface area (Å²) in [7, 11) is 0. The average molecular weight is 404 g/mol. The van der Waals surface area contributed by atoms with Gasteiger partial charge in [-0.3, -0.25) is 9.20 Å². The summed E-state index contributed by atoms with van der Waals surface area (Å²) in [6.07, 6.45) is 1.90. The zero-order valence-corrected chi connectivity index (χ0v) is 15.6. The standard InChI is InChI=1S/C18H18BrN3O3/c1-3-24-15(23)10-13-16(12-8-6-5-7-9-12)21-17-18(25-4-2)20-14(19)11-22(13)17/h5-9,11H,3-4,10H2,1-2H3. The van der Waals surface area contributed by atoms with E-state index in [0.717, 1.165) is 17.0 Å². The SMILES string of the molecule is CCOC(=O)Cc1c(-c2ccccc2)nc2c(OCC)nc(Br)cn12. The van der Waals surface area contributed by atoms with E-state index in [1.54, 1.807) is 13.1 Å². The summed E-state index contributed by atoms with van der Waals surface area (Å²) in [5.41, 5.74) is 2.95. The Morgan fingerprint density at radius 1 is 1.16 bits per heavy atom. The number of hydrogen-bond donors (Lipinski definition) is 0. The second-order valence-electron chi connectivity index (χ2n) is 5.25. The Balaban J connectivity index is 2.22. The third-order valence-corrected chi connectivity index (χ3v) is 3.97. The van der Waals surface area contributed by atoms with Crippen LogP contribution >= 0.6 is 15.9 Å². The number of imidazole rings is 1. The van der Waals surface area contributed by atoms with E-state index in [4.69, 9.17) is 14.5 Å². The highest BCUT2D eigenvalue weighted by Gasteiger charge is 2.21. The van der Waals surface area contributed by atoms with Crippen molar-refractivity contribution < 1.29 is 14.3 Å². The lowest BCUT2D eigenvalue weighted by molar-refractivity contribution is -0.142. The maximum Gasteiger partial charge on any atom is 0.311 e. The van der Waals surface area contributed by atoms with Crippen LogP contribution in [0.4, 0.5) is 0 Å². The molecule has 0 unspecified atom stereocenters. The van der Waals surface area contributed by atoms with E-state index in [9.17, 15) is 4.79 Å². The number of rotatable bonds is 6. The van der Waals surface area contributed by atoms with E-state index in [2.05, 4.69) is 20.9 Å². The monoisotopic (exact) mass is 403 g/mol. The molecule has 7 heteroatoms. The second kappa shape index (κ2) is 7.65. The Bertz CT molecular complexity index is 893. The van der Waals surface area contributed by atoms with E-state index in [-0.39, 0.29) is 12.4 Å². The van der Waals surface area contributed by atoms with Gasteiger partial charge in [-0.15, -0.1) is 0 Å². The molecule has 3 aromatic rings. The largest absolute Gasteiger partial charge is 0.475 e. The van der Waals surface area contributed by atoms with Gasteiger partial charge < -0.3 is 9.47 Å². The van der Waals surface area contributed by atoms with Gasteiger partial charge in [0.1, 0.15) is 4.60 Å². The first-order chi connectivity index (χ1) is 12.1. The fourth-order valence-electron chi connectivity index (χ4n) is 2.62. The van der Waals surface area contributed by atoms with Crippen LogP contribution in [0.25, 0.3) is 16.9 Å². The maximum absolute atomic E-state index is 12.1. The summed E-state index contributed by atoms with van der Waals surface area (Å²) in [5.74, 6) is 0.122. The highest BCUT2D eigenvalue weighted by atomic mass is 79.9. The van der Waals surface area contributed by atoms with Crippen molar-refractivity contribution in [1.29, 1.82) is 0 Å². The minimum absolute atomic E-state index is 0.112. The first-order valence-corrected chi connectivity index (χ1v) is 8.84. The summed E-state index contributed by atoms with van der Waals surface area (Å²) in [5, 5.41) is 0. The van der Waals surface area contributed by atoms with Gasteiger partial charge in [0.15, 0.2) is 0 Å². The van der Waals surface area contributed by atoms with Crippen LogP contribution in [-0.4, -0.2) is 33.6 Å². The van der Waals surface area contributed by atoms with Gasteiger partial charge in [-0.05, 0) is 29.8 Å². The Morgan fingerprint density at radius 3 is 2.60 bits per heavy atom. The fraction of sp³-hybridized carbons (Fsp3) is 0.278. The van der Waals surface area contributed by atoms with Crippen LogP contribution in [0.2, 0.25) is 0 Å². The lowest BCUT2D eigenvalue weighted by atomic mass is 10.1. The molecular weight excluding hydrogens is 386 g/mol. The highest BCUT2D eigenvalue weighted by molar-refractivity contribution is 9.10. The first-order valence-electron chi connectivity index (χ1n) is 8.05. The fourth-order valence-corrected chi connectivity index (χ4v) is 2.98. The zero-order chi connectivity index (χ0) is 17.8. The van der Waals surface area contributed by atoms with E-state index in [1.807, 2.05) is 41.7 Å². The Labute approximate surface area is 153 Å². The van der Waals surface area contributed by atoms with Crippen molar-refractivity contribution in [3.05, 3.63) is 46.8 Å². The number of nitrogens with zero attached hydrogens (tertiary/aromatic N) is 3. The van der Waals surface area contributed by atoms with Crippen LogP contribution in [-0.2, 0) is 16.0 Å². The maximum atomic E-state index is 12.1. The molecule has 0 aliphatic rings. The van der Waals surface area contributed by atoms with Crippen molar-refractivity contribution >= 4 is 27.5 Å². The number of halogens is 1. The minimum atomic E-state index is -0.299. The third-order valence-electron chi connectivity index (χ3n) is 3.59. The predicted molar refractivity (Wildman–Crippen MR) is 97.6 cm³/mol. The van der Waals surface area contributed by atoms with E-state index in [0.29, 0.717) is 29.3 Å². The van der Waals surface area contributed by atoms with E-state index < -0.39 is 0 Å². The van der Waals surface area contributed by atoms with Crippen molar-refractivity contribution in [1.82, 2.24) is 14.4 Å². The van der Waals surface area contributed by atoms with Gasteiger partial charge in [0, 0.05) is 11.8 Å². The van der Waals surface area contributed by atoms with E-state index >= 15 is 0 Å². The van der Waals surface area contributed by atoms with Crippen LogP contribution in [0.5, 0.6) is 5.88 Å². The third kappa shape index (κ3) is 3.66. The van der Waals surface area contributed by atoms with Gasteiger partial charge in [0.2, 0.25) is 5.65 Å². The number of carbonyl (C=O) groups is 1. The molecule has 0 amide bonds. The molecule has 2 heterocycles. The Kier molecular flexibility index (Phi) is 5.33. The second-order valence-corrected chi connectivity index (χ2v) is 6.06. The van der Waals surface area contributed by atoms with Gasteiger partial charge in [0.25, 0.3) is 5.88 Å². The van der Waals surface area contributed by atoms with Crippen LogP contribution < -0.4 is 4.74 Å². The minimum Gasteiger partial charge on any atom is -0.475 e. The molecule has 0 bridgehead atoms.